The Morgan fingerprint density at radius 1 is 0.442 bits per heavy atom. The Balaban J connectivity index is 0.00000100. The maximum absolute atomic E-state index is 2.47. The Hall–Kier alpha value is -5.72. The van der Waals surface area contributed by atoms with Gasteiger partial charge >= 0.3 is 0 Å². The Morgan fingerprint density at radius 2 is 1.00 bits per heavy atom. The Kier molecular flexibility index (Phi) is 10.2. The zero-order valence-corrected chi connectivity index (χ0v) is 31.4. The number of hydrogen-bond donors (Lipinski definition) is 0. The summed E-state index contributed by atoms with van der Waals surface area (Å²) in [5, 5.41) is 5.19. The van der Waals surface area contributed by atoms with E-state index in [-0.39, 0.29) is 0 Å². The average Bonchev–Trinajstić information content (AvgIpc) is 3.17. The first-order valence-electron chi connectivity index (χ1n) is 18.6. The molecule has 0 radical (unpaired) electrons. The van der Waals surface area contributed by atoms with Crippen LogP contribution in [0.5, 0.6) is 0 Å². The summed E-state index contributed by atoms with van der Waals surface area (Å²) in [6.07, 6.45) is 12.1. The van der Waals surface area contributed by atoms with Gasteiger partial charge in [0.05, 0.1) is 0 Å². The summed E-state index contributed by atoms with van der Waals surface area (Å²) in [5.74, 6) is 0.318. The van der Waals surface area contributed by atoms with Crippen LogP contribution in [-0.4, -0.2) is 0 Å². The molecule has 0 aliphatic heterocycles. The monoisotopic (exact) mass is 672 g/mol. The van der Waals surface area contributed by atoms with Crippen molar-refractivity contribution in [3.05, 3.63) is 197 Å². The fourth-order valence-corrected chi connectivity index (χ4v) is 7.66. The van der Waals surface area contributed by atoms with Crippen LogP contribution in [0.2, 0.25) is 0 Å². The predicted molar refractivity (Wildman–Crippen MR) is 228 cm³/mol. The quantitative estimate of drug-likeness (QED) is 0.126. The maximum Gasteiger partial charge on any atom is 0.00620 e. The van der Waals surface area contributed by atoms with Crippen molar-refractivity contribution in [1.82, 2.24) is 0 Å². The molecule has 1 aliphatic carbocycles. The molecule has 7 aromatic rings. The van der Waals surface area contributed by atoms with Gasteiger partial charge in [0.1, 0.15) is 0 Å². The van der Waals surface area contributed by atoms with E-state index in [0.717, 1.165) is 6.42 Å². The summed E-state index contributed by atoms with van der Waals surface area (Å²) in [4.78, 5) is 0. The van der Waals surface area contributed by atoms with Crippen molar-refractivity contribution in [2.24, 2.45) is 0 Å². The van der Waals surface area contributed by atoms with Crippen molar-refractivity contribution in [3.8, 4) is 33.4 Å². The molecule has 256 valence electrons. The fraction of sp³-hybridized carbons (Fsp3) is 0.154. The summed E-state index contributed by atoms with van der Waals surface area (Å²) in [5.41, 5.74) is 16.6. The second-order valence-corrected chi connectivity index (χ2v) is 14.4. The highest BCUT2D eigenvalue weighted by molar-refractivity contribution is 6.08. The molecule has 0 amide bonds. The van der Waals surface area contributed by atoms with Crippen molar-refractivity contribution in [2.75, 3.05) is 0 Å². The number of hydrogen-bond acceptors (Lipinski definition) is 0. The van der Waals surface area contributed by atoms with Gasteiger partial charge in [-0.3, -0.25) is 0 Å². The molecule has 1 atom stereocenters. The van der Waals surface area contributed by atoms with Crippen molar-refractivity contribution in [2.45, 2.75) is 53.9 Å². The average molecular weight is 673 g/mol. The molecule has 8 rings (SSSR count). The molecular weight excluding hydrogens is 625 g/mol. The SMILES string of the molecule is C/C=C\C.Cc1cc(C)cc(-c2cc(-c3cc(C)cc(C)c3)cc(-c3cccc(C4C=C(c5ccc6c(ccc7ccccc76)c5)C=CC4)c3)c2)c1. The van der Waals surface area contributed by atoms with Crippen LogP contribution in [0.1, 0.15) is 59.6 Å². The summed E-state index contributed by atoms with van der Waals surface area (Å²) >= 11 is 0. The lowest BCUT2D eigenvalue weighted by Gasteiger charge is -2.19. The maximum atomic E-state index is 2.47. The van der Waals surface area contributed by atoms with Crippen LogP contribution in [-0.2, 0) is 0 Å². The van der Waals surface area contributed by atoms with Crippen molar-refractivity contribution in [3.63, 3.8) is 0 Å². The van der Waals surface area contributed by atoms with Gasteiger partial charge in [-0.15, -0.1) is 0 Å². The minimum absolute atomic E-state index is 0.318. The first kappa shape index (κ1) is 34.7. The number of aryl methyl sites for hydroxylation is 4. The van der Waals surface area contributed by atoms with E-state index in [2.05, 4.69) is 179 Å². The molecule has 0 fully saturated rings. The van der Waals surface area contributed by atoms with Crippen LogP contribution in [0.3, 0.4) is 0 Å². The molecule has 0 nitrogen and oxygen atoms in total. The minimum Gasteiger partial charge on any atom is -0.0919 e. The molecular formula is C52H48. The highest BCUT2D eigenvalue weighted by Gasteiger charge is 2.16. The van der Waals surface area contributed by atoms with Gasteiger partial charge in [-0.2, -0.15) is 0 Å². The summed E-state index contributed by atoms with van der Waals surface area (Å²) in [6.45, 7) is 12.8. The molecule has 0 saturated heterocycles. The summed E-state index contributed by atoms with van der Waals surface area (Å²) < 4.78 is 0. The van der Waals surface area contributed by atoms with Gasteiger partial charge in [0.2, 0.25) is 0 Å². The Bertz CT molecular complexity index is 2390. The molecule has 0 N–H and O–H groups in total. The third-order valence-corrected chi connectivity index (χ3v) is 10.2. The Morgan fingerprint density at radius 3 is 1.63 bits per heavy atom. The molecule has 0 spiro atoms. The largest absolute Gasteiger partial charge is 0.0919 e. The standard InChI is InChI=1S/C48H40.C4H8/c1-31-19-32(2)22-42(21-31)45-28-44(29-46(30-45)43-23-33(3)20-34(4)24-43)39-13-8-11-37(26-39)36-10-7-12-38(25-36)40-17-18-48-41(27-40)16-15-35-9-5-6-14-47(35)48;1-3-4-2/h5-9,11-30,36H,10H2,1-4H3;3-4H,1-2H3/b;4-3-. The van der Waals surface area contributed by atoms with Crippen LogP contribution in [0.4, 0.5) is 0 Å². The number of fused-ring (bicyclic) bond motifs is 3. The normalized spacial score (nSPS) is 14.0. The van der Waals surface area contributed by atoms with Crippen LogP contribution in [0, 0.1) is 27.7 Å². The highest BCUT2D eigenvalue weighted by Crippen LogP contribution is 2.38. The second kappa shape index (κ2) is 15.3. The van der Waals surface area contributed by atoms with Gasteiger partial charge in [-0.1, -0.05) is 162 Å². The molecule has 1 unspecified atom stereocenters. The zero-order valence-electron chi connectivity index (χ0n) is 31.4. The van der Waals surface area contributed by atoms with Crippen LogP contribution in [0.15, 0.2) is 164 Å². The van der Waals surface area contributed by atoms with Crippen molar-refractivity contribution >= 4 is 27.1 Å². The highest BCUT2D eigenvalue weighted by atomic mass is 14.2. The van der Waals surface area contributed by atoms with Gasteiger partial charge in [0.25, 0.3) is 0 Å². The lowest BCUT2D eigenvalue weighted by atomic mass is 9.85. The van der Waals surface area contributed by atoms with E-state index in [1.165, 1.54) is 93.9 Å². The first-order chi connectivity index (χ1) is 25.3. The Labute approximate surface area is 310 Å². The molecule has 0 bridgehead atoms. The van der Waals surface area contributed by atoms with E-state index in [1.807, 2.05) is 26.0 Å². The number of rotatable bonds is 5. The molecule has 1 aliphatic rings. The molecule has 7 aromatic carbocycles. The van der Waals surface area contributed by atoms with E-state index in [4.69, 9.17) is 0 Å². The minimum atomic E-state index is 0.318. The van der Waals surface area contributed by atoms with Gasteiger partial charge in [0.15, 0.2) is 0 Å². The topological polar surface area (TPSA) is 0 Å². The zero-order chi connectivity index (χ0) is 36.2. The van der Waals surface area contributed by atoms with E-state index < -0.39 is 0 Å². The smallest absolute Gasteiger partial charge is 0.00620 e. The van der Waals surface area contributed by atoms with Crippen LogP contribution < -0.4 is 0 Å². The van der Waals surface area contributed by atoms with Crippen LogP contribution in [0.25, 0.3) is 60.5 Å². The van der Waals surface area contributed by atoms with E-state index in [1.54, 1.807) is 0 Å². The van der Waals surface area contributed by atoms with Crippen LogP contribution >= 0.6 is 0 Å². The molecule has 52 heavy (non-hydrogen) atoms. The van der Waals surface area contributed by atoms with E-state index in [0.29, 0.717) is 5.92 Å². The number of allylic oxidation sites excluding steroid dienone is 6. The first-order valence-corrected chi connectivity index (χ1v) is 18.6. The second-order valence-electron chi connectivity index (χ2n) is 14.4. The van der Waals surface area contributed by atoms with Gasteiger partial charge in [0, 0.05) is 5.92 Å². The third-order valence-electron chi connectivity index (χ3n) is 10.2. The molecule has 0 aromatic heterocycles. The lowest BCUT2D eigenvalue weighted by Crippen LogP contribution is -2.00. The van der Waals surface area contributed by atoms with E-state index in [9.17, 15) is 0 Å². The summed E-state index contributed by atoms with van der Waals surface area (Å²) in [6, 6.07) is 50.2. The molecule has 0 heterocycles. The van der Waals surface area contributed by atoms with Crippen molar-refractivity contribution in [1.29, 1.82) is 0 Å². The van der Waals surface area contributed by atoms with Gasteiger partial charge in [-0.25, -0.2) is 0 Å². The van der Waals surface area contributed by atoms with Gasteiger partial charge < -0.3 is 0 Å². The van der Waals surface area contributed by atoms with Gasteiger partial charge in [-0.05, 0) is 144 Å². The van der Waals surface area contributed by atoms with Crippen molar-refractivity contribution < 1.29 is 0 Å². The van der Waals surface area contributed by atoms with E-state index >= 15 is 0 Å². The predicted octanol–water partition coefficient (Wildman–Crippen LogP) is 14.9. The lowest BCUT2D eigenvalue weighted by molar-refractivity contribution is 0.857. The molecule has 0 saturated carbocycles. The number of benzene rings is 7. The fourth-order valence-electron chi connectivity index (χ4n) is 7.66. The molecule has 0 heteroatoms. The summed E-state index contributed by atoms with van der Waals surface area (Å²) in [7, 11) is 0. The third kappa shape index (κ3) is 7.63.